The van der Waals surface area contributed by atoms with Crippen LogP contribution in [0.25, 0.3) is 16.7 Å². The number of aryl methyl sites for hydroxylation is 1. The van der Waals surface area contributed by atoms with Crippen molar-refractivity contribution in [1.29, 1.82) is 0 Å². The molecule has 0 aliphatic carbocycles. The molecule has 1 heterocycles. The second-order valence-electron chi connectivity index (χ2n) is 5.21. The third-order valence-electron chi connectivity index (χ3n) is 3.56. The van der Waals surface area contributed by atoms with Crippen molar-refractivity contribution in [2.45, 2.75) is 12.8 Å². The van der Waals surface area contributed by atoms with Gasteiger partial charge in [0.15, 0.2) is 0 Å². The SMILES string of the molecule is C=C(CCc1ccc(O)c(-n2nc3ccccc3n2)c1)C(=O)O. The zero-order valence-electron chi connectivity index (χ0n) is 12.3. The molecule has 2 aromatic carbocycles. The molecule has 0 fully saturated rings. The third-order valence-corrected chi connectivity index (χ3v) is 3.56. The van der Waals surface area contributed by atoms with Gasteiger partial charge in [0.05, 0.1) is 0 Å². The molecule has 0 saturated carbocycles. The molecule has 23 heavy (non-hydrogen) atoms. The van der Waals surface area contributed by atoms with Crippen molar-refractivity contribution in [2.24, 2.45) is 0 Å². The van der Waals surface area contributed by atoms with Gasteiger partial charge in [-0.1, -0.05) is 24.8 Å². The van der Waals surface area contributed by atoms with Crippen molar-refractivity contribution in [3.8, 4) is 11.4 Å². The van der Waals surface area contributed by atoms with Crippen LogP contribution in [0.3, 0.4) is 0 Å². The Morgan fingerprint density at radius 3 is 2.39 bits per heavy atom. The molecule has 3 rings (SSSR count). The number of carboxylic acid groups (broad SMARTS) is 1. The van der Waals surface area contributed by atoms with E-state index in [1.807, 2.05) is 24.3 Å². The van der Waals surface area contributed by atoms with E-state index >= 15 is 0 Å². The van der Waals surface area contributed by atoms with E-state index < -0.39 is 5.97 Å². The van der Waals surface area contributed by atoms with Crippen LogP contribution >= 0.6 is 0 Å². The van der Waals surface area contributed by atoms with E-state index in [1.54, 1.807) is 18.2 Å². The standard InChI is InChI=1S/C17H15N3O3/c1-11(17(22)23)6-7-12-8-9-16(21)15(10-12)20-18-13-4-2-3-5-14(13)19-20/h2-5,8-10,21H,1,6-7H2,(H,22,23). The van der Waals surface area contributed by atoms with Crippen molar-refractivity contribution in [2.75, 3.05) is 0 Å². The molecule has 0 unspecified atom stereocenters. The zero-order valence-corrected chi connectivity index (χ0v) is 12.3. The predicted octanol–water partition coefficient (Wildman–Crippen LogP) is 2.70. The number of carbonyl (C=O) groups is 1. The van der Waals surface area contributed by atoms with Gasteiger partial charge in [-0.25, -0.2) is 4.79 Å². The summed E-state index contributed by atoms with van der Waals surface area (Å²) in [5.41, 5.74) is 2.96. The molecule has 0 spiro atoms. The molecule has 2 N–H and O–H groups in total. The van der Waals surface area contributed by atoms with Crippen molar-refractivity contribution >= 4 is 17.0 Å². The van der Waals surface area contributed by atoms with E-state index in [0.717, 1.165) is 16.6 Å². The number of fused-ring (bicyclic) bond motifs is 1. The molecule has 0 bridgehead atoms. The van der Waals surface area contributed by atoms with Crippen LogP contribution in [-0.4, -0.2) is 31.2 Å². The first kappa shape index (κ1) is 14.8. The molecule has 0 atom stereocenters. The summed E-state index contributed by atoms with van der Waals surface area (Å²) in [6, 6.07) is 12.5. The summed E-state index contributed by atoms with van der Waals surface area (Å²) in [4.78, 5) is 12.2. The molecule has 0 radical (unpaired) electrons. The van der Waals surface area contributed by atoms with Crippen LogP contribution in [-0.2, 0) is 11.2 Å². The number of phenols is 1. The smallest absolute Gasteiger partial charge is 0.330 e. The van der Waals surface area contributed by atoms with E-state index in [-0.39, 0.29) is 11.3 Å². The summed E-state index contributed by atoms with van der Waals surface area (Å²) in [6.45, 7) is 3.52. The topological polar surface area (TPSA) is 88.2 Å². The number of carboxylic acids is 1. The first-order chi connectivity index (χ1) is 11.0. The van der Waals surface area contributed by atoms with Gasteiger partial charge in [0.25, 0.3) is 0 Å². The number of aromatic hydroxyl groups is 1. The Morgan fingerprint density at radius 2 is 1.78 bits per heavy atom. The minimum absolute atomic E-state index is 0.0612. The molecular weight excluding hydrogens is 294 g/mol. The molecule has 6 nitrogen and oxygen atoms in total. The first-order valence-corrected chi connectivity index (χ1v) is 7.10. The maximum absolute atomic E-state index is 10.8. The molecule has 0 aliphatic heterocycles. The molecule has 1 aromatic heterocycles. The fourth-order valence-electron chi connectivity index (χ4n) is 2.25. The number of hydrogen-bond donors (Lipinski definition) is 2. The van der Waals surface area contributed by atoms with Gasteiger partial charge in [-0.05, 0) is 42.7 Å². The lowest BCUT2D eigenvalue weighted by Gasteiger charge is -2.07. The highest BCUT2D eigenvalue weighted by molar-refractivity contribution is 5.85. The van der Waals surface area contributed by atoms with Gasteiger partial charge in [0, 0.05) is 5.57 Å². The fourth-order valence-corrected chi connectivity index (χ4v) is 2.25. The third kappa shape index (κ3) is 3.06. The Labute approximate surface area is 132 Å². The fraction of sp³-hybridized carbons (Fsp3) is 0.118. The summed E-state index contributed by atoms with van der Waals surface area (Å²) in [5.74, 6) is -0.935. The van der Waals surface area contributed by atoms with Crippen molar-refractivity contribution in [3.05, 3.63) is 60.2 Å². The number of benzene rings is 2. The van der Waals surface area contributed by atoms with Crippen LogP contribution in [0.4, 0.5) is 0 Å². The number of hydrogen-bond acceptors (Lipinski definition) is 4. The van der Waals surface area contributed by atoms with E-state index in [9.17, 15) is 9.90 Å². The Kier molecular flexibility index (Phi) is 3.80. The average molecular weight is 309 g/mol. The molecule has 0 aliphatic rings. The van der Waals surface area contributed by atoms with Gasteiger partial charge in [-0.2, -0.15) is 0 Å². The second-order valence-corrected chi connectivity index (χ2v) is 5.21. The van der Waals surface area contributed by atoms with E-state index in [0.29, 0.717) is 18.5 Å². The Morgan fingerprint density at radius 1 is 1.13 bits per heavy atom. The first-order valence-electron chi connectivity index (χ1n) is 7.10. The summed E-state index contributed by atoms with van der Waals surface area (Å²) in [7, 11) is 0. The molecule has 3 aromatic rings. The maximum atomic E-state index is 10.8. The molecule has 6 heteroatoms. The van der Waals surface area contributed by atoms with Crippen LogP contribution in [0.1, 0.15) is 12.0 Å². The highest BCUT2D eigenvalue weighted by Crippen LogP contribution is 2.24. The van der Waals surface area contributed by atoms with Gasteiger partial charge < -0.3 is 10.2 Å². The van der Waals surface area contributed by atoms with Crippen LogP contribution in [0.15, 0.2) is 54.6 Å². The maximum Gasteiger partial charge on any atom is 0.330 e. The quantitative estimate of drug-likeness (QED) is 0.707. The second kappa shape index (κ2) is 5.92. The van der Waals surface area contributed by atoms with Crippen molar-refractivity contribution in [1.82, 2.24) is 15.0 Å². The number of phenolic OH excluding ortho intramolecular Hbond substituents is 1. The number of aliphatic carboxylic acids is 1. The number of nitrogens with zero attached hydrogens (tertiary/aromatic N) is 3. The van der Waals surface area contributed by atoms with Crippen LogP contribution in [0.5, 0.6) is 5.75 Å². The van der Waals surface area contributed by atoms with E-state index in [2.05, 4.69) is 16.8 Å². The summed E-state index contributed by atoms with van der Waals surface area (Å²) < 4.78 is 0. The van der Waals surface area contributed by atoms with Crippen LogP contribution < -0.4 is 0 Å². The van der Waals surface area contributed by atoms with Gasteiger partial charge >= 0.3 is 5.97 Å². The number of aromatic nitrogens is 3. The summed E-state index contributed by atoms with van der Waals surface area (Å²) in [6.07, 6.45) is 0.854. The lowest BCUT2D eigenvalue weighted by Crippen LogP contribution is -2.02. The van der Waals surface area contributed by atoms with Crippen LogP contribution in [0, 0.1) is 0 Å². The number of rotatable bonds is 5. The molecule has 116 valence electrons. The minimum Gasteiger partial charge on any atom is -0.506 e. The molecule has 0 saturated heterocycles. The lowest BCUT2D eigenvalue weighted by atomic mass is 10.0. The molecular formula is C17H15N3O3. The van der Waals surface area contributed by atoms with Gasteiger partial charge in [0.1, 0.15) is 22.5 Å². The van der Waals surface area contributed by atoms with E-state index in [4.69, 9.17) is 5.11 Å². The Hall–Kier alpha value is -3.15. The van der Waals surface area contributed by atoms with Crippen molar-refractivity contribution in [3.63, 3.8) is 0 Å². The highest BCUT2D eigenvalue weighted by Gasteiger charge is 2.11. The lowest BCUT2D eigenvalue weighted by molar-refractivity contribution is -0.132. The highest BCUT2D eigenvalue weighted by atomic mass is 16.4. The predicted molar refractivity (Wildman–Crippen MR) is 85.6 cm³/mol. The van der Waals surface area contributed by atoms with Crippen LogP contribution in [0.2, 0.25) is 0 Å². The van der Waals surface area contributed by atoms with Gasteiger partial charge in [-0.3, -0.25) is 0 Å². The van der Waals surface area contributed by atoms with Gasteiger partial charge in [-0.15, -0.1) is 15.0 Å². The monoisotopic (exact) mass is 309 g/mol. The summed E-state index contributed by atoms with van der Waals surface area (Å²) >= 11 is 0. The normalized spacial score (nSPS) is 10.8. The Balaban J connectivity index is 1.91. The Bertz CT molecular complexity index is 866. The average Bonchev–Trinajstić information content (AvgIpc) is 2.97. The van der Waals surface area contributed by atoms with Crippen molar-refractivity contribution < 1.29 is 15.0 Å². The van der Waals surface area contributed by atoms with E-state index in [1.165, 1.54) is 4.80 Å². The largest absolute Gasteiger partial charge is 0.506 e. The summed E-state index contributed by atoms with van der Waals surface area (Å²) in [5, 5.41) is 27.6. The minimum atomic E-state index is -0.996. The molecule has 0 amide bonds. The van der Waals surface area contributed by atoms with Gasteiger partial charge in [0.2, 0.25) is 0 Å². The zero-order chi connectivity index (χ0) is 16.4.